The van der Waals surface area contributed by atoms with Crippen molar-refractivity contribution < 1.29 is 44.4 Å². The van der Waals surface area contributed by atoms with Crippen molar-refractivity contribution in [1.29, 1.82) is 0 Å². The maximum absolute atomic E-state index is 13.7. The molecule has 0 saturated heterocycles. The molecule has 0 radical (unpaired) electrons. The highest BCUT2D eigenvalue weighted by Crippen LogP contribution is 2.52. The van der Waals surface area contributed by atoms with Crippen molar-refractivity contribution in [1.82, 2.24) is 5.48 Å². The molecule has 198 valence electrons. The van der Waals surface area contributed by atoms with Gasteiger partial charge in [-0.3, -0.25) is 24.0 Å². The summed E-state index contributed by atoms with van der Waals surface area (Å²) >= 11 is 0. The largest absolute Gasteiger partial charge is 0.508 e. The van der Waals surface area contributed by atoms with Crippen molar-refractivity contribution in [3.63, 3.8) is 0 Å². The van der Waals surface area contributed by atoms with Crippen molar-refractivity contribution in [3.05, 3.63) is 64.4 Å². The van der Waals surface area contributed by atoms with Crippen LogP contribution < -0.4 is 11.2 Å². The van der Waals surface area contributed by atoms with Crippen LogP contribution in [0, 0.1) is 17.8 Å². The van der Waals surface area contributed by atoms with Gasteiger partial charge in [0.25, 0.3) is 5.91 Å². The number of aliphatic hydroxyl groups excluding tert-OH is 2. The summed E-state index contributed by atoms with van der Waals surface area (Å²) in [5.74, 6) is -8.10. The van der Waals surface area contributed by atoms with Gasteiger partial charge in [-0.05, 0) is 60.1 Å². The van der Waals surface area contributed by atoms with Crippen LogP contribution in [0.25, 0.3) is 11.1 Å². The lowest BCUT2D eigenvalue weighted by Crippen LogP contribution is -2.63. The van der Waals surface area contributed by atoms with Crippen LogP contribution in [0.2, 0.25) is 0 Å². The lowest BCUT2D eigenvalue weighted by atomic mass is 9.57. The van der Waals surface area contributed by atoms with E-state index in [2.05, 4.69) is 10.3 Å². The summed E-state index contributed by atoms with van der Waals surface area (Å²) in [5, 5.41) is 43.6. The molecule has 0 heterocycles. The minimum atomic E-state index is -2.56. The molecule has 2 unspecified atom stereocenters. The first-order valence-electron chi connectivity index (χ1n) is 12.0. The first-order valence-corrected chi connectivity index (χ1v) is 12.0. The number of aromatic hydroxyl groups is 1. The topological polar surface area (TPSA) is 196 Å². The Morgan fingerprint density at radius 2 is 1.87 bits per heavy atom. The molecule has 0 aliphatic heterocycles. The summed E-state index contributed by atoms with van der Waals surface area (Å²) in [7, 11) is 1.31. The predicted molar refractivity (Wildman–Crippen MR) is 131 cm³/mol. The van der Waals surface area contributed by atoms with Crippen molar-refractivity contribution >= 4 is 23.4 Å². The van der Waals surface area contributed by atoms with Gasteiger partial charge in [0.2, 0.25) is 5.91 Å². The summed E-state index contributed by atoms with van der Waals surface area (Å²) < 4.78 is 0. The van der Waals surface area contributed by atoms with Gasteiger partial charge < -0.3 is 26.2 Å². The third kappa shape index (κ3) is 3.62. The molecule has 2 aromatic rings. The number of hydrogen-bond donors (Lipinski definition) is 6. The summed E-state index contributed by atoms with van der Waals surface area (Å²) in [4.78, 5) is 55.6. The molecular formula is C27H26N2O9. The number of amides is 2. The average molecular weight is 523 g/mol. The Hall–Kier alpha value is -4.06. The number of primary amides is 1. The van der Waals surface area contributed by atoms with Crippen LogP contribution >= 0.6 is 0 Å². The van der Waals surface area contributed by atoms with Gasteiger partial charge in [0.1, 0.15) is 17.4 Å². The number of rotatable bonds is 4. The Labute approximate surface area is 216 Å². The number of hydrogen-bond acceptors (Lipinski definition) is 9. The van der Waals surface area contributed by atoms with Gasteiger partial charge in [0.15, 0.2) is 17.2 Å². The van der Waals surface area contributed by atoms with Crippen molar-refractivity contribution in [2.24, 2.45) is 23.5 Å². The van der Waals surface area contributed by atoms with E-state index in [1.165, 1.54) is 13.2 Å². The number of benzene rings is 2. The molecule has 0 spiro atoms. The van der Waals surface area contributed by atoms with E-state index < -0.39 is 58.6 Å². The van der Waals surface area contributed by atoms with Gasteiger partial charge in [-0.1, -0.05) is 18.2 Å². The van der Waals surface area contributed by atoms with E-state index in [0.717, 1.165) is 0 Å². The smallest absolute Gasteiger partial charge is 0.274 e. The Kier molecular flexibility index (Phi) is 6.09. The second kappa shape index (κ2) is 9.05. The summed E-state index contributed by atoms with van der Waals surface area (Å²) in [5.41, 5.74) is 6.58. The quantitative estimate of drug-likeness (QED) is 0.247. The van der Waals surface area contributed by atoms with E-state index in [4.69, 9.17) is 5.73 Å². The number of Topliss-reactive ketones (excluding diaryl/α,β-unsaturated/α-hetero) is 2. The van der Waals surface area contributed by atoms with Gasteiger partial charge in [-0.2, -0.15) is 0 Å². The van der Waals surface area contributed by atoms with Crippen LogP contribution in [-0.4, -0.2) is 62.6 Å². The van der Waals surface area contributed by atoms with Gasteiger partial charge in [0.05, 0.1) is 18.8 Å². The summed E-state index contributed by atoms with van der Waals surface area (Å²) in [6, 6.07) is 9.52. The van der Waals surface area contributed by atoms with Crippen molar-refractivity contribution in [2.75, 3.05) is 7.11 Å². The molecule has 0 bridgehead atoms. The SMILES string of the molecule is CONC(=O)c1cccc(-c2ccc(O)c3c2C[C@H]2C[C@H]4CC(O)C(C(N)=O)C(=O)[C@@]4(O)C(O)=C2C3=O)c1. The molecule has 7 N–H and O–H groups in total. The molecule has 0 aromatic heterocycles. The lowest BCUT2D eigenvalue weighted by molar-refractivity contribution is -0.167. The van der Waals surface area contributed by atoms with Crippen LogP contribution in [0.3, 0.4) is 0 Å². The number of phenols is 1. The Morgan fingerprint density at radius 1 is 1.13 bits per heavy atom. The number of carbonyl (C=O) groups is 4. The third-order valence-electron chi connectivity index (χ3n) is 7.90. The molecule has 38 heavy (non-hydrogen) atoms. The molecular weight excluding hydrogens is 496 g/mol. The molecule has 11 nitrogen and oxygen atoms in total. The number of hydroxylamine groups is 1. The van der Waals surface area contributed by atoms with Crippen LogP contribution in [-0.2, 0) is 20.8 Å². The molecule has 11 heteroatoms. The molecule has 2 aromatic carbocycles. The lowest BCUT2D eigenvalue weighted by Gasteiger charge is -2.48. The number of allylic oxidation sites excluding steroid dienone is 1. The molecule has 5 rings (SSSR count). The van der Waals surface area contributed by atoms with Crippen LogP contribution in [0.4, 0.5) is 0 Å². The molecule has 1 saturated carbocycles. The first kappa shape index (κ1) is 25.6. The number of carbonyl (C=O) groups excluding carboxylic acids is 4. The molecule has 5 atom stereocenters. The molecule has 2 amide bonds. The van der Waals surface area contributed by atoms with E-state index in [1.54, 1.807) is 30.3 Å². The first-order chi connectivity index (χ1) is 18.0. The fourth-order valence-corrected chi connectivity index (χ4v) is 6.18. The monoisotopic (exact) mass is 522 g/mol. The van der Waals surface area contributed by atoms with Crippen LogP contribution in [0.15, 0.2) is 47.7 Å². The average Bonchev–Trinajstić information content (AvgIpc) is 2.86. The van der Waals surface area contributed by atoms with Crippen LogP contribution in [0.5, 0.6) is 5.75 Å². The number of ketones is 2. The van der Waals surface area contributed by atoms with Crippen molar-refractivity contribution in [3.8, 4) is 16.9 Å². The third-order valence-corrected chi connectivity index (χ3v) is 7.90. The molecule has 3 aliphatic carbocycles. The number of nitrogens with one attached hydrogen (secondary N) is 1. The zero-order valence-corrected chi connectivity index (χ0v) is 20.3. The maximum atomic E-state index is 13.7. The van der Waals surface area contributed by atoms with E-state index in [0.29, 0.717) is 22.3 Å². The second-order valence-electron chi connectivity index (χ2n) is 9.94. The van der Waals surface area contributed by atoms with E-state index in [-0.39, 0.29) is 36.1 Å². The predicted octanol–water partition coefficient (Wildman–Crippen LogP) is 0.704. The minimum Gasteiger partial charge on any atom is -0.508 e. The van der Waals surface area contributed by atoms with Gasteiger partial charge in [0, 0.05) is 17.1 Å². The molecule has 1 fully saturated rings. The fraction of sp³-hybridized carbons (Fsp3) is 0.333. The summed E-state index contributed by atoms with van der Waals surface area (Å²) in [6.45, 7) is 0. The zero-order valence-electron chi connectivity index (χ0n) is 20.3. The Morgan fingerprint density at radius 3 is 2.55 bits per heavy atom. The number of phenolic OH excluding ortho intramolecular Hbond substituents is 1. The number of fused-ring (bicyclic) bond motifs is 3. The standard InChI is InChI=1S/C27H26N2O9/c1-38-29-26(36)12-4-2-3-11(7-12)15-5-6-17(30)20-16(15)9-13-8-14-10-18(31)21(25(28)35)24(34)27(14,37)23(33)19(13)22(20)32/h2-7,13-14,18,21,30-31,33,37H,8-10H2,1H3,(H2,28,35)(H,29,36)/t13-,14+,18?,21?,27+/m1/s1. The summed E-state index contributed by atoms with van der Waals surface area (Å²) in [6.07, 6.45) is -1.41. The fourth-order valence-electron chi connectivity index (χ4n) is 6.18. The molecule has 3 aliphatic rings. The highest BCUT2D eigenvalue weighted by atomic mass is 16.6. The highest BCUT2D eigenvalue weighted by molar-refractivity contribution is 6.16. The van der Waals surface area contributed by atoms with Crippen molar-refractivity contribution in [2.45, 2.75) is 31.0 Å². The highest BCUT2D eigenvalue weighted by Gasteiger charge is 2.62. The Balaban J connectivity index is 1.63. The number of nitrogens with two attached hydrogens (primary N) is 1. The zero-order chi connectivity index (χ0) is 27.5. The van der Waals surface area contributed by atoms with Crippen LogP contribution in [0.1, 0.15) is 39.1 Å². The van der Waals surface area contributed by atoms with Gasteiger partial charge in [-0.15, -0.1) is 0 Å². The van der Waals surface area contributed by atoms with E-state index in [9.17, 15) is 39.6 Å². The normalized spacial score (nSPS) is 28.3. The van der Waals surface area contributed by atoms with E-state index in [1.807, 2.05) is 0 Å². The van der Waals surface area contributed by atoms with Gasteiger partial charge >= 0.3 is 0 Å². The Bertz CT molecular complexity index is 1430. The minimum absolute atomic E-state index is 0.0563. The van der Waals surface area contributed by atoms with Gasteiger partial charge in [-0.25, -0.2) is 5.48 Å². The maximum Gasteiger partial charge on any atom is 0.274 e. The van der Waals surface area contributed by atoms with E-state index >= 15 is 0 Å². The second-order valence-corrected chi connectivity index (χ2v) is 9.94. The number of aliphatic hydroxyl groups is 3.